The van der Waals surface area contributed by atoms with Crippen molar-refractivity contribution in [1.29, 1.82) is 0 Å². The number of nitrogens with two attached hydrogens (primary N) is 2. The number of carbonyl (C=O) groups is 6. The number of unbranched alkanes of at least 4 members (excludes halogenated alkanes) is 6. The van der Waals surface area contributed by atoms with Crippen LogP contribution in [0.5, 0.6) is 0 Å². The first-order chi connectivity index (χ1) is 19.9. The molecule has 0 fully saturated rings. The molecule has 248 valence electrons. The second kappa shape index (κ2) is 20.3. The molecular formula is C29H54N6O8. The Morgan fingerprint density at radius 3 is 1.14 bits per heavy atom. The van der Waals surface area contributed by atoms with Crippen molar-refractivity contribution in [3.05, 3.63) is 0 Å². The molecule has 0 radical (unpaired) electrons. The minimum absolute atomic E-state index is 0.0452. The van der Waals surface area contributed by atoms with Crippen molar-refractivity contribution >= 4 is 35.8 Å². The first-order valence-corrected chi connectivity index (χ1v) is 15.0. The minimum Gasteiger partial charge on any atom is -0.444 e. The molecule has 0 aliphatic carbocycles. The fourth-order valence-corrected chi connectivity index (χ4v) is 3.81. The van der Waals surface area contributed by atoms with Crippen molar-refractivity contribution in [2.24, 2.45) is 11.5 Å². The lowest BCUT2D eigenvalue weighted by Crippen LogP contribution is -2.48. The Bertz CT molecular complexity index is 842. The zero-order chi connectivity index (χ0) is 33.1. The van der Waals surface area contributed by atoms with Crippen molar-refractivity contribution in [2.75, 3.05) is 13.1 Å². The number of rotatable bonds is 20. The van der Waals surface area contributed by atoms with Crippen LogP contribution in [0, 0.1) is 0 Å². The number of alkyl carbamates (subject to hydrolysis) is 2. The first kappa shape index (κ1) is 39.4. The van der Waals surface area contributed by atoms with E-state index in [4.69, 9.17) is 20.9 Å². The SMILES string of the molecule is CC(C)(C)OC(=O)N[C@@H](CCC(N)=O)C(=O)NCCCCCCCCCNC(=O)[C@H](CCC(N)=O)NC(=O)OC(C)(C)C. The highest BCUT2D eigenvalue weighted by molar-refractivity contribution is 5.87. The van der Waals surface area contributed by atoms with Gasteiger partial charge in [0, 0.05) is 25.9 Å². The van der Waals surface area contributed by atoms with E-state index in [9.17, 15) is 28.8 Å². The van der Waals surface area contributed by atoms with E-state index in [1.165, 1.54) is 0 Å². The number of nitrogens with one attached hydrogen (secondary N) is 4. The van der Waals surface area contributed by atoms with Gasteiger partial charge in [-0.3, -0.25) is 19.2 Å². The van der Waals surface area contributed by atoms with Gasteiger partial charge >= 0.3 is 12.2 Å². The fourth-order valence-electron chi connectivity index (χ4n) is 3.81. The van der Waals surface area contributed by atoms with Crippen molar-refractivity contribution in [3.63, 3.8) is 0 Å². The molecule has 0 aromatic rings. The molecule has 0 aromatic heterocycles. The van der Waals surface area contributed by atoms with Crippen LogP contribution in [0.4, 0.5) is 9.59 Å². The summed E-state index contributed by atoms with van der Waals surface area (Å²) in [6.45, 7) is 11.1. The molecule has 0 unspecified atom stereocenters. The molecule has 2 atom stereocenters. The molecular weight excluding hydrogens is 560 g/mol. The summed E-state index contributed by atoms with van der Waals surface area (Å²) in [6, 6.07) is -1.84. The van der Waals surface area contributed by atoms with E-state index < -0.39 is 59.1 Å². The van der Waals surface area contributed by atoms with Crippen LogP contribution in [0.2, 0.25) is 0 Å². The van der Waals surface area contributed by atoms with Gasteiger partial charge in [0.1, 0.15) is 23.3 Å². The van der Waals surface area contributed by atoms with Crippen LogP contribution < -0.4 is 32.7 Å². The number of carbonyl (C=O) groups excluding carboxylic acids is 6. The second-order valence-electron chi connectivity index (χ2n) is 12.5. The van der Waals surface area contributed by atoms with Gasteiger partial charge in [0.25, 0.3) is 0 Å². The van der Waals surface area contributed by atoms with E-state index in [2.05, 4.69) is 21.3 Å². The van der Waals surface area contributed by atoms with Gasteiger partial charge < -0.3 is 42.2 Å². The monoisotopic (exact) mass is 614 g/mol. The van der Waals surface area contributed by atoms with E-state index in [0.29, 0.717) is 13.1 Å². The maximum absolute atomic E-state index is 12.5. The van der Waals surface area contributed by atoms with Gasteiger partial charge in [-0.25, -0.2) is 9.59 Å². The van der Waals surface area contributed by atoms with Crippen molar-refractivity contribution in [3.8, 4) is 0 Å². The molecule has 8 N–H and O–H groups in total. The number of primary amides is 2. The molecule has 14 heteroatoms. The normalized spacial score (nSPS) is 12.8. The Kier molecular flexibility index (Phi) is 18.7. The van der Waals surface area contributed by atoms with Gasteiger partial charge in [-0.2, -0.15) is 0 Å². The molecule has 14 nitrogen and oxygen atoms in total. The van der Waals surface area contributed by atoms with Crippen LogP contribution in [0.15, 0.2) is 0 Å². The van der Waals surface area contributed by atoms with Crippen LogP contribution in [-0.2, 0) is 28.7 Å². The highest BCUT2D eigenvalue weighted by atomic mass is 16.6. The number of hydrogen-bond acceptors (Lipinski definition) is 8. The van der Waals surface area contributed by atoms with E-state index >= 15 is 0 Å². The molecule has 6 amide bonds. The summed E-state index contributed by atoms with van der Waals surface area (Å²) in [6.07, 6.45) is 4.84. The van der Waals surface area contributed by atoms with Crippen molar-refractivity contribution in [1.82, 2.24) is 21.3 Å². The highest BCUT2D eigenvalue weighted by Gasteiger charge is 2.25. The lowest BCUT2D eigenvalue weighted by atomic mass is 10.1. The van der Waals surface area contributed by atoms with Gasteiger partial charge in [0.15, 0.2) is 0 Å². The zero-order valence-electron chi connectivity index (χ0n) is 26.8. The largest absolute Gasteiger partial charge is 0.444 e. The lowest BCUT2D eigenvalue weighted by molar-refractivity contribution is -0.125. The molecule has 0 saturated carbocycles. The van der Waals surface area contributed by atoms with E-state index in [1.807, 2.05) is 0 Å². The number of hydrogen-bond donors (Lipinski definition) is 6. The van der Waals surface area contributed by atoms with E-state index in [-0.39, 0.29) is 25.7 Å². The summed E-state index contributed by atoms with van der Waals surface area (Å²) >= 11 is 0. The Balaban J connectivity index is 4.25. The standard InChI is InChI=1S/C29H54N6O8/c1-28(2,3)42-26(40)34-20(14-16-22(30)36)24(38)32-18-12-10-8-7-9-11-13-19-33-25(39)21(15-17-23(31)37)35-27(41)43-29(4,5)6/h20-21H,7-19H2,1-6H3,(H2,30,36)(H2,31,37)(H,32,38)(H,33,39)(H,34,40)(H,35,41)/t20-,21-/m0/s1. The first-order valence-electron chi connectivity index (χ1n) is 15.0. The molecule has 0 aromatic carbocycles. The molecule has 0 bridgehead atoms. The molecule has 0 heterocycles. The van der Waals surface area contributed by atoms with Gasteiger partial charge in [-0.15, -0.1) is 0 Å². The Morgan fingerprint density at radius 2 is 0.860 bits per heavy atom. The van der Waals surface area contributed by atoms with Gasteiger partial charge in [-0.05, 0) is 67.2 Å². The van der Waals surface area contributed by atoms with Crippen LogP contribution in [0.1, 0.15) is 112 Å². The van der Waals surface area contributed by atoms with Gasteiger partial charge in [0.05, 0.1) is 0 Å². The average molecular weight is 615 g/mol. The Hall–Kier alpha value is -3.58. The van der Waals surface area contributed by atoms with Crippen LogP contribution in [0.25, 0.3) is 0 Å². The van der Waals surface area contributed by atoms with E-state index in [0.717, 1.165) is 44.9 Å². The minimum atomic E-state index is -0.922. The predicted molar refractivity (Wildman–Crippen MR) is 162 cm³/mol. The van der Waals surface area contributed by atoms with Crippen LogP contribution in [-0.4, -0.2) is 72.2 Å². The van der Waals surface area contributed by atoms with Crippen molar-refractivity contribution in [2.45, 2.75) is 135 Å². The molecule has 43 heavy (non-hydrogen) atoms. The summed E-state index contributed by atoms with van der Waals surface area (Å²) in [7, 11) is 0. The summed E-state index contributed by atoms with van der Waals surface area (Å²) < 4.78 is 10.4. The lowest BCUT2D eigenvalue weighted by Gasteiger charge is -2.23. The second-order valence-corrected chi connectivity index (χ2v) is 12.5. The number of ether oxygens (including phenoxy) is 2. The molecule has 0 spiro atoms. The maximum Gasteiger partial charge on any atom is 0.408 e. The quantitative estimate of drug-likeness (QED) is 0.111. The van der Waals surface area contributed by atoms with E-state index in [1.54, 1.807) is 41.5 Å². The molecule has 0 aliphatic rings. The Morgan fingerprint density at radius 1 is 0.558 bits per heavy atom. The highest BCUT2D eigenvalue weighted by Crippen LogP contribution is 2.10. The topological polar surface area (TPSA) is 221 Å². The summed E-state index contributed by atoms with van der Waals surface area (Å²) in [4.78, 5) is 71.5. The third-order valence-electron chi connectivity index (χ3n) is 5.83. The smallest absolute Gasteiger partial charge is 0.408 e. The molecule has 0 rings (SSSR count). The van der Waals surface area contributed by atoms with Gasteiger partial charge in [-0.1, -0.05) is 32.1 Å². The third kappa shape index (κ3) is 23.6. The fraction of sp³-hybridized carbons (Fsp3) is 0.793. The van der Waals surface area contributed by atoms with Gasteiger partial charge in [0.2, 0.25) is 23.6 Å². The summed E-state index contributed by atoms with van der Waals surface area (Å²) in [5, 5.41) is 10.6. The third-order valence-corrected chi connectivity index (χ3v) is 5.83. The van der Waals surface area contributed by atoms with Crippen LogP contribution in [0.3, 0.4) is 0 Å². The predicted octanol–water partition coefficient (Wildman–Crippen LogP) is 2.27. The zero-order valence-corrected chi connectivity index (χ0v) is 26.8. The van der Waals surface area contributed by atoms with Crippen molar-refractivity contribution < 1.29 is 38.2 Å². The molecule has 0 aliphatic heterocycles. The maximum atomic E-state index is 12.5. The molecule has 0 saturated heterocycles. The van der Waals surface area contributed by atoms with Crippen LogP contribution >= 0.6 is 0 Å². The summed E-state index contributed by atoms with van der Waals surface area (Å²) in [5.41, 5.74) is 8.94. The number of amides is 6. The summed E-state index contributed by atoms with van der Waals surface area (Å²) in [5.74, 6) is -1.92. The average Bonchev–Trinajstić information content (AvgIpc) is 2.84. The Labute approximate surface area is 255 Å².